The Morgan fingerprint density at radius 3 is 2.23 bits per heavy atom. The van der Waals surface area contributed by atoms with Gasteiger partial charge in [0.1, 0.15) is 0 Å². The number of hydrogen-bond acceptors (Lipinski definition) is 0. The summed E-state index contributed by atoms with van der Waals surface area (Å²) in [7, 11) is 12.9. The van der Waals surface area contributed by atoms with E-state index in [1.54, 1.807) is 0 Å². The van der Waals surface area contributed by atoms with Crippen LogP contribution in [0.2, 0.25) is 7.75 Å². The van der Waals surface area contributed by atoms with E-state index in [1.807, 2.05) is 0 Å². The van der Waals surface area contributed by atoms with E-state index in [4.69, 9.17) is 17.0 Å². The predicted octanol–water partition coefficient (Wildman–Crippen LogP) is 4.83. The third kappa shape index (κ3) is 3.90. The third-order valence-corrected chi connectivity index (χ3v) is 13.2. The zero-order valence-corrected chi connectivity index (χ0v) is 12.1. The third-order valence-electron chi connectivity index (χ3n) is 2.29. The van der Waals surface area contributed by atoms with Crippen molar-refractivity contribution in [1.29, 1.82) is 0 Å². The van der Waals surface area contributed by atoms with E-state index in [2.05, 4.69) is 38.2 Å². The van der Waals surface area contributed by atoms with Gasteiger partial charge in [0.05, 0.1) is 0 Å². The molecule has 0 radical (unpaired) electrons. The average Bonchev–Trinajstić information content (AvgIpc) is 2.53. The van der Waals surface area contributed by atoms with E-state index in [0.29, 0.717) is 9.54 Å². The summed E-state index contributed by atoms with van der Waals surface area (Å²) in [5, 5.41) is 0. The molecule has 0 aromatic heterocycles. The zero-order valence-electron chi connectivity index (χ0n) is 8.13. The molecule has 0 aromatic rings. The van der Waals surface area contributed by atoms with Crippen molar-refractivity contribution in [3.8, 4) is 0 Å². The van der Waals surface area contributed by atoms with E-state index in [1.165, 1.54) is 6.42 Å². The van der Waals surface area contributed by atoms with E-state index in [-0.39, 0.29) is 0 Å². The molecule has 0 saturated carbocycles. The number of rotatable bonds is 4. The Balaban J connectivity index is 2.45. The first-order valence-corrected chi connectivity index (χ1v) is 14.2. The molecule has 0 amide bonds. The molecule has 1 rings (SSSR count). The molecule has 0 heterocycles. The topological polar surface area (TPSA) is 0 Å². The molecule has 0 nitrogen and oxygen atoms in total. The second-order valence-corrected chi connectivity index (χ2v) is 19.7. The Morgan fingerprint density at radius 1 is 1.23 bits per heavy atom. The minimum absolute atomic E-state index is 0.399. The van der Waals surface area contributed by atoms with Crippen molar-refractivity contribution in [3.05, 3.63) is 24.3 Å². The Labute approximate surface area is 92.5 Å². The fourth-order valence-corrected chi connectivity index (χ4v) is 9.49. The van der Waals surface area contributed by atoms with Crippen molar-refractivity contribution in [2.45, 2.75) is 28.0 Å². The molecule has 0 unspecified atom stereocenters. The second kappa shape index (κ2) is 5.14. The molecule has 74 valence electrons. The first-order valence-electron chi connectivity index (χ1n) is 4.75. The molecule has 3 heteroatoms. The minimum atomic E-state index is -2.80. The first kappa shape index (κ1) is 12.0. The van der Waals surface area contributed by atoms with Crippen molar-refractivity contribution in [2.24, 2.45) is 5.92 Å². The van der Waals surface area contributed by atoms with Gasteiger partial charge in [-0.1, -0.05) is 0 Å². The molecule has 1 aliphatic rings. The molecule has 0 fully saturated rings. The van der Waals surface area contributed by atoms with Gasteiger partial charge in [-0.25, -0.2) is 0 Å². The Bertz CT molecular complexity index is 207. The summed E-state index contributed by atoms with van der Waals surface area (Å²) >= 11 is -2.80. The summed E-state index contributed by atoms with van der Waals surface area (Å²) in [6.45, 7) is 4.44. The Morgan fingerprint density at radius 2 is 1.77 bits per heavy atom. The van der Waals surface area contributed by atoms with Crippen LogP contribution in [0.4, 0.5) is 0 Å². The van der Waals surface area contributed by atoms with Gasteiger partial charge in [0.15, 0.2) is 0 Å². The van der Waals surface area contributed by atoms with Crippen LogP contribution in [0.3, 0.4) is 0 Å². The van der Waals surface area contributed by atoms with Gasteiger partial charge in [0.2, 0.25) is 0 Å². The predicted molar refractivity (Wildman–Crippen MR) is 58.0 cm³/mol. The van der Waals surface area contributed by atoms with Crippen molar-refractivity contribution < 1.29 is 17.9 Å². The number of hydrogen-bond donors (Lipinski definition) is 0. The van der Waals surface area contributed by atoms with Gasteiger partial charge in [0.25, 0.3) is 0 Å². The zero-order chi connectivity index (χ0) is 9.90. The molecule has 13 heavy (non-hydrogen) atoms. The maximum atomic E-state index is 6.46. The molecule has 0 N–H and O–H groups in total. The molecule has 0 aromatic carbocycles. The standard InChI is InChI=1S/C5H5.C5H11.2ClH.Zr/c1-2-4-5-3-1;1-4-5(2)3;;;/h1-5H;5H,1,4H2,2-3H3;2*1H;/q;;;;+2/p-2. The SMILES string of the molecule is CC(C)C[CH2][Zr]([Cl])([Cl])[CH]1C=CC=C1. The van der Waals surface area contributed by atoms with Crippen LogP contribution in [0.25, 0.3) is 0 Å². The summed E-state index contributed by atoms with van der Waals surface area (Å²) in [6, 6.07) is 0. The molecule has 0 saturated heterocycles. The summed E-state index contributed by atoms with van der Waals surface area (Å²) in [5.41, 5.74) is 0. The van der Waals surface area contributed by atoms with Gasteiger partial charge < -0.3 is 0 Å². The summed E-state index contributed by atoms with van der Waals surface area (Å²) < 4.78 is 1.46. The van der Waals surface area contributed by atoms with Crippen molar-refractivity contribution in [2.75, 3.05) is 0 Å². The van der Waals surface area contributed by atoms with Crippen LogP contribution in [-0.4, -0.2) is 0 Å². The van der Waals surface area contributed by atoms with Gasteiger partial charge in [-0.15, -0.1) is 0 Å². The fourth-order valence-electron chi connectivity index (χ4n) is 1.36. The normalized spacial score (nSPS) is 17.6. The van der Waals surface area contributed by atoms with Gasteiger partial charge >= 0.3 is 93.2 Å². The molecule has 0 spiro atoms. The summed E-state index contributed by atoms with van der Waals surface area (Å²) in [4.78, 5) is 0. The van der Waals surface area contributed by atoms with Crippen LogP contribution >= 0.6 is 17.0 Å². The molecular weight excluding hydrogens is 282 g/mol. The van der Waals surface area contributed by atoms with Crippen LogP contribution in [0.1, 0.15) is 20.3 Å². The maximum absolute atomic E-state index is 6.46. The number of allylic oxidation sites excluding steroid dienone is 4. The van der Waals surface area contributed by atoms with Crippen molar-refractivity contribution in [1.82, 2.24) is 0 Å². The van der Waals surface area contributed by atoms with Crippen LogP contribution in [-0.2, 0) is 17.9 Å². The first-order chi connectivity index (χ1) is 6.02. The van der Waals surface area contributed by atoms with Crippen LogP contribution in [0.15, 0.2) is 24.3 Å². The molecular formula is C10H16Cl2Zr. The summed E-state index contributed by atoms with van der Waals surface area (Å²) in [6.07, 6.45) is 9.57. The van der Waals surface area contributed by atoms with Gasteiger partial charge in [-0.2, -0.15) is 0 Å². The second-order valence-electron chi connectivity index (χ2n) is 3.99. The fraction of sp³-hybridized carbons (Fsp3) is 0.600. The van der Waals surface area contributed by atoms with Gasteiger partial charge in [-0.3, -0.25) is 0 Å². The van der Waals surface area contributed by atoms with E-state index in [9.17, 15) is 0 Å². The average molecular weight is 298 g/mol. The van der Waals surface area contributed by atoms with Crippen molar-refractivity contribution >= 4 is 17.0 Å². The van der Waals surface area contributed by atoms with E-state index < -0.39 is 17.9 Å². The van der Waals surface area contributed by atoms with Crippen molar-refractivity contribution in [3.63, 3.8) is 0 Å². The van der Waals surface area contributed by atoms with Gasteiger partial charge in [-0.05, 0) is 0 Å². The van der Waals surface area contributed by atoms with E-state index in [0.717, 1.165) is 4.13 Å². The summed E-state index contributed by atoms with van der Waals surface area (Å²) in [5.74, 6) is 0.711. The Hall–Kier alpha value is 0.943. The van der Waals surface area contributed by atoms with Crippen LogP contribution in [0.5, 0.6) is 0 Å². The number of halogens is 2. The van der Waals surface area contributed by atoms with Crippen LogP contribution in [0, 0.1) is 5.92 Å². The monoisotopic (exact) mass is 296 g/mol. The van der Waals surface area contributed by atoms with Gasteiger partial charge in [0, 0.05) is 0 Å². The quantitative estimate of drug-likeness (QED) is 0.697. The molecule has 1 aliphatic carbocycles. The Kier molecular flexibility index (Phi) is 4.75. The molecule has 0 bridgehead atoms. The van der Waals surface area contributed by atoms with Crippen LogP contribution < -0.4 is 0 Å². The molecule has 0 aliphatic heterocycles. The van der Waals surface area contributed by atoms with E-state index >= 15 is 0 Å². The molecule has 0 atom stereocenters.